The summed E-state index contributed by atoms with van der Waals surface area (Å²) >= 11 is 1.04. The highest BCUT2D eigenvalue weighted by molar-refractivity contribution is 6.99. The standard InChI is InChI=1S/C12H12N4OS/c13-9-5-8-3-1-2-4-11(8)16(7-9)12(17)10-6-14-18-15-10/h1-4,6,9H,5,7,13H2. The maximum absolute atomic E-state index is 12.3. The van der Waals surface area contributed by atoms with E-state index in [1.54, 1.807) is 4.90 Å². The number of carbonyl (C=O) groups is 1. The Balaban J connectivity index is 2.00. The van der Waals surface area contributed by atoms with Gasteiger partial charge in [-0.3, -0.25) is 4.79 Å². The van der Waals surface area contributed by atoms with Gasteiger partial charge in [0.2, 0.25) is 0 Å². The molecule has 1 amide bonds. The lowest BCUT2D eigenvalue weighted by molar-refractivity contribution is 0.0979. The molecule has 3 rings (SSSR count). The molecule has 92 valence electrons. The van der Waals surface area contributed by atoms with Gasteiger partial charge in [0.25, 0.3) is 5.91 Å². The van der Waals surface area contributed by atoms with E-state index in [1.165, 1.54) is 6.20 Å². The topological polar surface area (TPSA) is 72.1 Å². The number of nitrogens with zero attached hydrogens (tertiary/aromatic N) is 3. The van der Waals surface area contributed by atoms with E-state index in [1.807, 2.05) is 24.3 Å². The zero-order chi connectivity index (χ0) is 12.5. The molecule has 1 aliphatic rings. The highest BCUT2D eigenvalue weighted by atomic mass is 32.1. The summed E-state index contributed by atoms with van der Waals surface area (Å²) in [6, 6.07) is 7.81. The van der Waals surface area contributed by atoms with Gasteiger partial charge in [0.1, 0.15) is 0 Å². The number of fused-ring (bicyclic) bond motifs is 1. The van der Waals surface area contributed by atoms with Gasteiger partial charge < -0.3 is 10.6 Å². The molecule has 18 heavy (non-hydrogen) atoms. The first-order chi connectivity index (χ1) is 8.75. The van der Waals surface area contributed by atoms with Crippen molar-refractivity contribution in [3.05, 3.63) is 41.7 Å². The van der Waals surface area contributed by atoms with Gasteiger partial charge in [-0.25, -0.2) is 0 Å². The second kappa shape index (κ2) is 4.47. The van der Waals surface area contributed by atoms with Crippen molar-refractivity contribution in [1.29, 1.82) is 0 Å². The first-order valence-corrected chi connectivity index (χ1v) is 6.41. The quantitative estimate of drug-likeness (QED) is 0.832. The van der Waals surface area contributed by atoms with Crippen LogP contribution in [0, 0.1) is 0 Å². The maximum atomic E-state index is 12.3. The molecular formula is C12H12N4OS. The predicted molar refractivity (Wildman–Crippen MR) is 69.7 cm³/mol. The van der Waals surface area contributed by atoms with Crippen molar-refractivity contribution in [2.45, 2.75) is 12.5 Å². The van der Waals surface area contributed by atoms with E-state index in [2.05, 4.69) is 8.75 Å². The van der Waals surface area contributed by atoms with E-state index in [0.29, 0.717) is 12.2 Å². The number of aromatic nitrogens is 2. The van der Waals surface area contributed by atoms with E-state index in [-0.39, 0.29) is 11.9 Å². The van der Waals surface area contributed by atoms with E-state index in [0.717, 1.165) is 29.4 Å². The molecule has 1 unspecified atom stereocenters. The molecule has 1 aliphatic heterocycles. The minimum absolute atomic E-state index is 0.0320. The fraction of sp³-hybridized carbons (Fsp3) is 0.250. The molecule has 2 aromatic rings. The van der Waals surface area contributed by atoms with Gasteiger partial charge >= 0.3 is 0 Å². The fourth-order valence-corrected chi connectivity index (χ4v) is 2.62. The van der Waals surface area contributed by atoms with Gasteiger partial charge in [-0.15, -0.1) is 0 Å². The third kappa shape index (κ3) is 1.89. The van der Waals surface area contributed by atoms with Crippen molar-refractivity contribution in [2.24, 2.45) is 5.73 Å². The monoisotopic (exact) mass is 260 g/mol. The van der Waals surface area contributed by atoms with Crippen molar-refractivity contribution in [3.8, 4) is 0 Å². The van der Waals surface area contributed by atoms with Crippen LogP contribution < -0.4 is 10.6 Å². The molecule has 0 saturated carbocycles. The van der Waals surface area contributed by atoms with E-state index < -0.39 is 0 Å². The molecule has 1 atom stereocenters. The smallest absolute Gasteiger partial charge is 0.279 e. The summed E-state index contributed by atoms with van der Waals surface area (Å²) in [5, 5.41) is 0. The zero-order valence-corrected chi connectivity index (χ0v) is 10.4. The third-order valence-corrected chi connectivity index (χ3v) is 3.49. The lowest BCUT2D eigenvalue weighted by atomic mass is 9.98. The second-order valence-corrected chi connectivity index (χ2v) is 4.86. The Morgan fingerprint density at radius 2 is 2.28 bits per heavy atom. The van der Waals surface area contributed by atoms with Crippen LogP contribution in [0.2, 0.25) is 0 Å². The Hall–Kier alpha value is -1.79. The van der Waals surface area contributed by atoms with Crippen LogP contribution in [-0.4, -0.2) is 27.2 Å². The van der Waals surface area contributed by atoms with Crippen LogP contribution >= 0.6 is 11.7 Å². The van der Waals surface area contributed by atoms with Crippen molar-refractivity contribution < 1.29 is 4.79 Å². The molecule has 1 aromatic carbocycles. The van der Waals surface area contributed by atoms with E-state index in [9.17, 15) is 4.79 Å². The minimum atomic E-state index is -0.133. The van der Waals surface area contributed by atoms with Crippen LogP contribution in [0.1, 0.15) is 16.1 Å². The molecule has 0 bridgehead atoms. The lowest BCUT2D eigenvalue weighted by Gasteiger charge is -2.32. The average Bonchev–Trinajstić information content (AvgIpc) is 2.90. The first-order valence-electron chi connectivity index (χ1n) is 5.68. The highest BCUT2D eigenvalue weighted by Crippen LogP contribution is 2.27. The second-order valence-electron chi connectivity index (χ2n) is 4.30. The number of carbonyl (C=O) groups excluding carboxylic acids is 1. The van der Waals surface area contributed by atoms with E-state index in [4.69, 9.17) is 5.73 Å². The molecule has 0 saturated heterocycles. The van der Waals surface area contributed by atoms with Crippen LogP contribution in [0.25, 0.3) is 0 Å². The van der Waals surface area contributed by atoms with Gasteiger partial charge in [0.15, 0.2) is 5.69 Å². The zero-order valence-electron chi connectivity index (χ0n) is 9.61. The van der Waals surface area contributed by atoms with Crippen LogP contribution in [0.3, 0.4) is 0 Å². The number of amides is 1. The summed E-state index contributed by atoms with van der Waals surface area (Å²) in [5.74, 6) is -0.133. The summed E-state index contributed by atoms with van der Waals surface area (Å²) < 4.78 is 7.85. The molecule has 0 fully saturated rings. The number of benzene rings is 1. The van der Waals surface area contributed by atoms with Crippen molar-refractivity contribution in [2.75, 3.05) is 11.4 Å². The van der Waals surface area contributed by atoms with Gasteiger partial charge in [-0.2, -0.15) is 8.75 Å². The maximum Gasteiger partial charge on any atom is 0.279 e. The predicted octanol–water partition coefficient (Wildman–Crippen LogP) is 1.07. The molecule has 0 aliphatic carbocycles. The number of hydrogen-bond acceptors (Lipinski definition) is 5. The molecule has 2 heterocycles. The average molecular weight is 260 g/mol. The summed E-state index contributed by atoms with van der Waals surface area (Å²) in [7, 11) is 0. The fourth-order valence-electron chi connectivity index (χ4n) is 2.22. The van der Waals surface area contributed by atoms with Crippen LogP contribution in [0.5, 0.6) is 0 Å². The molecule has 5 nitrogen and oxygen atoms in total. The van der Waals surface area contributed by atoms with E-state index >= 15 is 0 Å². The Morgan fingerprint density at radius 3 is 3.06 bits per heavy atom. The Kier molecular flexibility index (Phi) is 2.81. The van der Waals surface area contributed by atoms with Crippen molar-refractivity contribution >= 4 is 23.3 Å². The molecular weight excluding hydrogens is 248 g/mol. The third-order valence-electron chi connectivity index (χ3n) is 3.01. The number of para-hydroxylation sites is 1. The lowest BCUT2D eigenvalue weighted by Crippen LogP contribution is -2.46. The Bertz CT molecular complexity index is 569. The first kappa shape index (κ1) is 11.3. The number of hydrogen-bond donors (Lipinski definition) is 1. The van der Waals surface area contributed by atoms with Crippen LogP contribution in [0.15, 0.2) is 30.5 Å². The van der Waals surface area contributed by atoms with Gasteiger partial charge in [-0.1, -0.05) is 18.2 Å². The van der Waals surface area contributed by atoms with Crippen molar-refractivity contribution in [1.82, 2.24) is 8.75 Å². The normalized spacial score (nSPS) is 18.5. The largest absolute Gasteiger partial charge is 0.326 e. The molecule has 2 N–H and O–H groups in total. The Labute approximate surface area is 109 Å². The van der Waals surface area contributed by atoms with Crippen LogP contribution in [-0.2, 0) is 6.42 Å². The number of nitrogens with two attached hydrogens (primary N) is 1. The van der Waals surface area contributed by atoms with Crippen molar-refractivity contribution in [3.63, 3.8) is 0 Å². The van der Waals surface area contributed by atoms with Crippen LogP contribution in [0.4, 0.5) is 5.69 Å². The Morgan fingerprint density at radius 1 is 1.44 bits per heavy atom. The molecule has 0 spiro atoms. The van der Waals surface area contributed by atoms with Gasteiger partial charge in [0, 0.05) is 18.3 Å². The van der Waals surface area contributed by atoms with Gasteiger partial charge in [-0.05, 0) is 18.1 Å². The summed E-state index contributed by atoms with van der Waals surface area (Å²) in [5.41, 5.74) is 8.41. The summed E-state index contributed by atoms with van der Waals surface area (Å²) in [6.07, 6.45) is 2.30. The summed E-state index contributed by atoms with van der Waals surface area (Å²) in [6.45, 7) is 0.521. The SMILES string of the molecule is NC1Cc2ccccc2N(C(=O)c2cnsn2)C1. The minimum Gasteiger partial charge on any atom is -0.326 e. The molecule has 6 heteroatoms. The van der Waals surface area contributed by atoms with Gasteiger partial charge in [0.05, 0.1) is 17.9 Å². The number of rotatable bonds is 1. The highest BCUT2D eigenvalue weighted by Gasteiger charge is 2.28. The summed E-state index contributed by atoms with van der Waals surface area (Å²) in [4.78, 5) is 14.0. The number of anilines is 1. The molecule has 0 radical (unpaired) electrons. The molecule has 1 aromatic heterocycles.